The van der Waals surface area contributed by atoms with Crippen molar-refractivity contribution in [2.75, 3.05) is 0 Å². The average molecular weight is 168 g/mol. The average Bonchev–Trinajstić information content (AvgIpc) is 1.59. The molecular weight excluding hydrogens is 156 g/mol. The van der Waals surface area contributed by atoms with E-state index in [0.717, 1.165) is 12.8 Å². The van der Waals surface area contributed by atoms with E-state index in [1.54, 1.807) is 0 Å². The minimum Gasteiger partial charge on any atom is -0.151 e. The van der Waals surface area contributed by atoms with Crippen LogP contribution in [-0.4, -0.2) is 3.41 Å². The number of hydrogen-bond donors (Lipinski definition) is 3. The number of hydrogen-bond acceptors (Lipinski definition) is 3. The van der Waals surface area contributed by atoms with Crippen molar-refractivity contribution in [3.05, 3.63) is 0 Å². The molecule has 0 radical (unpaired) electrons. The van der Waals surface area contributed by atoms with E-state index in [0.29, 0.717) is 0 Å². The van der Waals surface area contributed by atoms with Gasteiger partial charge in [-0.25, -0.2) is 0 Å². The predicted molar refractivity (Wildman–Crippen MR) is 49.2 cm³/mol. The predicted octanol–water partition coefficient (Wildman–Crippen LogP) is 2.62. The second kappa shape index (κ2) is 3.96. The zero-order valence-corrected chi connectivity index (χ0v) is 7.65. The van der Waals surface area contributed by atoms with Crippen LogP contribution >= 0.6 is 37.9 Å². The highest BCUT2D eigenvalue weighted by atomic mass is 32.2. The zero-order valence-electron chi connectivity index (χ0n) is 4.96. The molecule has 0 saturated heterocycles. The molecule has 0 aliphatic carbocycles. The number of rotatable bonds is 3. The first-order chi connectivity index (χ1) is 3.56. The maximum absolute atomic E-state index is 4.12. The van der Waals surface area contributed by atoms with E-state index in [1.165, 1.54) is 6.42 Å². The van der Waals surface area contributed by atoms with E-state index in [1.807, 2.05) is 0 Å². The van der Waals surface area contributed by atoms with Crippen LogP contribution in [-0.2, 0) is 0 Å². The lowest BCUT2D eigenvalue weighted by molar-refractivity contribution is 0.751. The van der Waals surface area contributed by atoms with Crippen LogP contribution in [0.1, 0.15) is 26.2 Å². The Morgan fingerprint density at radius 2 is 1.75 bits per heavy atom. The molecule has 0 rings (SSSR count). The summed E-state index contributed by atoms with van der Waals surface area (Å²) in [5.74, 6) is 0. The monoisotopic (exact) mass is 168 g/mol. The minimum atomic E-state index is -0.365. The lowest BCUT2D eigenvalue weighted by atomic mass is 10.3. The Hall–Kier alpha value is 1.05. The molecule has 0 aliphatic heterocycles. The van der Waals surface area contributed by atoms with E-state index in [-0.39, 0.29) is 3.41 Å². The fraction of sp³-hybridized carbons (Fsp3) is 1.00. The molecule has 0 spiro atoms. The van der Waals surface area contributed by atoms with Crippen LogP contribution in [0.25, 0.3) is 0 Å². The lowest BCUT2D eigenvalue weighted by Crippen LogP contribution is -2.00. The molecule has 8 heavy (non-hydrogen) atoms. The lowest BCUT2D eigenvalue weighted by Gasteiger charge is -2.13. The molecule has 0 fully saturated rings. The second-order valence-electron chi connectivity index (χ2n) is 1.88. The molecule has 3 heteroatoms. The highest BCUT2D eigenvalue weighted by molar-refractivity contribution is 8.16. The van der Waals surface area contributed by atoms with Crippen molar-refractivity contribution in [2.24, 2.45) is 0 Å². The highest BCUT2D eigenvalue weighted by Crippen LogP contribution is 2.29. The number of thiol groups is 3. The van der Waals surface area contributed by atoms with Gasteiger partial charge in [0.05, 0.1) is 3.41 Å². The molecule has 0 nitrogen and oxygen atoms in total. The molecule has 0 aromatic rings. The van der Waals surface area contributed by atoms with Gasteiger partial charge in [0.2, 0.25) is 0 Å². The molecular formula is C5H12S3. The van der Waals surface area contributed by atoms with E-state index >= 15 is 0 Å². The molecule has 0 unspecified atom stereocenters. The van der Waals surface area contributed by atoms with Crippen LogP contribution < -0.4 is 0 Å². The summed E-state index contributed by atoms with van der Waals surface area (Å²) in [5.41, 5.74) is 0. The van der Waals surface area contributed by atoms with Gasteiger partial charge in [-0.2, -0.15) is 37.9 Å². The summed E-state index contributed by atoms with van der Waals surface area (Å²) in [4.78, 5) is 0. The van der Waals surface area contributed by atoms with Crippen molar-refractivity contribution in [3.8, 4) is 0 Å². The Kier molecular flexibility index (Phi) is 4.48. The summed E-state index contributed by atoms with van der Waals surface area (Å²) in [6.07, 6.45) is 3.29. The molecule has 0 aromatic heterocycles. The van der Waals surface area contributed by atoms with Crippen LogP contribution in [0.2, 0.25) is 0 Å². The Balaban J connectivity index is 3.11. The van der Waals surface area contributed by atoms with Gasteiger partial charge in [0.15, 0.2) is 0 Å². The summed E-state index contributed by atoms with van der Waals surface area (Å²) in [7, 11) is 0. The van der Waals surface area contributed by atoms with E-state index in [4.69, 9.17) is 0 Å². The van der Waals surface area contributed by atoms with Crippen LogP contribution in [0, 0.1) is 0 Å². The zero-order chi connectivity index (χ0) is 6.62. The Bertz CT molecular complexity index is 55.2. The fourth-order valence-corrected chi connectivity index (χ4v) is 0.888. The Labute approximate surface area is 67.7 Å². The first kappa shape index (κ1) is 9.05. The topological polar surface area (TPSA) is 0 Å². The highest BCUT2D eigenvalue weighted by Gasteiger charge is 2.11. The first-order valence-corrected chi connectivity index (χ1v) is 4.07. The molecule has 0 aromatic carbocycles. The first-order valence-electron chi connectivity index (χ1n) is 2.73. The summed E-state index contributed by atoms with van der Waals surface area (Å²) >= 11 is 12.4. The SMILES string of the molecule is CCCCC(S)(S)S. The fourth-order valence-electron chi connectivity index (χ4n) is 0.414. The summed E-state index contributed by atoms with van der Waals surface area (Å²) in [6.45, 7) is 2.14. The third-order valence-corrected chi connectivity index (χ3v) is 1.54. The maximum atomic E-state index is 4.12. The molecule has 0 saturated carbocycles. The summed E-state index contributed by atoms with van der Waals surface area (Å²) in [6, 6.07) is 0. The summed E-state index contributed by atoms with van der Waals surface area (Å²) < 4.78 is -0.365. The van der Waals surface area contributed by atoms with Crippen molar-refractivity contribution in [1.29, 1.82) is 0 Å². The van der Waals surface area contributed by atoms with Gasteiger partial charge in [-0.1, -0.05) is 19.8 Å². The molecule has 0 N–H and O–H groups in total. The van der Waals surface area contributed by atoms with Crippen molar-refractivity contribution < 1.29 is 0 Å². The standard InChI is InChI=1S/C5H12S3/c1-2-3-4-5(6,7)8/h6-8H,2-4H2,1H3. The Morgan fingerprint density at radius 1 is 1.25 bits per heavy atom. The smallest absolute Gasteiger partial charge is 0.0980 e. The number of unbranched alkanes of at least 4 members (excludes halogenated alkanes) is 1. The molecule has 50 valence electrons. The Morgan fingerprint density at radius 3 is 1.88 bits per heavy atom. The molecule has 0 aliphatic rings. The van der Waals surface area contributed by atoms with Crippen LogP contribution in [0.4, 0.5) is 0 Å². The van der Waals surface area contributed by atoms with Gasteiger partial charge in [0.1, 0.15) is 0 Å². The van der Waals surface area contributed by atoms with E-state index in [2.05, 4.69) is 44.8 Å². The largest absolute Gasteiger partial charge is 0.151 e. The normalized spacial score (nSPS) is 12.0. The molecule has 0 heterocycles. The molecule has 0 bridgehead atoms. The van der Waals surface area contributed by atoms with Gasteiger partial charge >= 0.3 is 0 Å². The van der Waals surface area contributed by atoms with Crippen molar-refractivity contribution >= 4 is 37.9 Å². The molecule has 0 amide bonds. The quantitative estimate of drug-likeness (QED) is 0.419. The van der Waals surface area contributed by atoms with E-state index in [9.17, 15) is 0 Å². The maximum Gasteiger partial charge on any atom is 0.0980 e. The van der Waals surface area contributed by atoms with Crippen molar-refractivity contribution in [2.45, 2.75) is 29.6 Å². The van der Waals surface area contributed by atoms with Gasteiger partial charge in [-0.3, -0.25) is 0 Å². The van der Waals surface area contributed by atoms with Gasteiger partial charge in [0, 0.05) is 0 Å². The second-order valence-corrected chi connectivity index (χ2v) is 5.23. The third kappa shape index (κ3) is 7.05. The van der Waals surface area contributed by atoms with Crippen molar-refractivity contribution in [1.82, 2.24) is 0 Å². The van der Waals surface area contributed by atoms with Crippen LogP contribution in [0.5, 0.6) is 0 Å². The van der Waals surface area contributed by atoms with Gasteiger partial charge in [-0.15, -0.1) is 0 Å². The van der Waals surface area contributed by atoms with E-state index < -0.39 is 0 Å². The minimum absolute atomic E-state index is 0.365. The molecule has 0 atom stereocenters. The third-order valence-electron chi connectivity index (χ3n) is 0.866. The van der Waals surface area contributed by atoms with Gasteiger partial charge < -0.3 is 0 Å². The summed E-state index contributed by atoms with van der Waals surface area (Å²) in [5, 5.41) is 0. The van der Waals surface area contributed by atoms with Gasteiger partial charge in [0.25, 0.3) is 0 Å². The van der Waals surface area contributed by atoms with Gasteiger partial charge in [-0.05, 0) is 6.42 Å². The van der Waals surface area contributed by atoms with Crippen LogP contribution in [0.15, 0.2) is 0 Å². The van der Waals surface area contributed by atoms with Crippen molar-refractivity contribution in [3.63, 3.8) is 0 Å². The van der Waals surface area contributed by atoms with Crippen LogP contribution in [0.3, 0.4) is 0 Å².